The number of carbonyl (C=O) groups excluding carboxylic acids is 1. The van der Waals surface area contributed by atoms with Gasteiger partial charge in [-0.1, -0.05) is 20.8 Å². The number of hydrogen-bond donors (Lipinski definition) is 2. The number of urea groups is 1. The Kier molecular flexibility index (Phi) is 7.21. The van der Waals surface area contributed by atoms with Gasteiger partial charge >= 0.3 is 6.03 Å². The van der Waals surface area contributed by atoms with Crippen molar-refractivity contribution >= 4 is 6.03 Å². The van der Waals surface area contributed by atoms with Crippen molar-refractivity contribution in [1.29, 1.82) is 0 Å². The fourth-order valence-corrected chi connectivity index (χ4v) is 2.38. The van der Waals surface area contributed by atoms with Crippen LogP contribution in [0.5, 0.6) is 0 Å². The molecule has 0 aromatic heterocycles. The van der Waals surface area contributed by atoms with Gasteiger partial charge in [-0.25, -0.2) is 4.79 Å². The molecule has 112 valence electrons. The number of piperidine rings is 1. The smallest absolute Gasteiger partial charge is 0.314 e. The zero-order chi connectivity index (χ0) is 14.3. The van der Waals surface area contributed by atoms with Gasteiger partial charge in [-0.05, 0) is 51.1 Å². The van der Waals surface area contributed by atoms with Crippen LogP contribution in [0.15, 0.2) is 0 Å². The zero-order valence-corrected chi connectivity index (χ0v) is 13.0. The number of nitrogens with zero attached hydrogens (tertiary/aromatic N) is 1. The molecule has 0 aromatic rings. The average Bonchev–Trinajstić information content (AvgIpc) is 2.36. The molecule has 1 aliphatic rings. The van der Waals surface area contributed by atoms with Crippen LogP contribution < -0.4 is 10.6 Å². The number of hydrogen-bond acceptors (Lipinski definition) is 2. The van der Waals surface area contributed by atoms with Crippen molar-refractivity contribution in [1.82, 2.24) is 15.5 Å². The SMILES string of the molecule is CC(C)CCNC(=O)NCC(C)N1CCC(C)CC1. The summed E-state index contributed by atoms with van der Waals surface area (Å²) >= 11 is 0. The van der Waals surface area contributed by atoms with Gasteiger partial charge in [0.05, 0.1) is 0 Å². The zero-order valence-electron chi connectivity index (χ0n) is 13.0. The van der Waals surface area contributed by atoms with Crippen LogP contribution in [0, 0.1) is 11.8 Å². The van der Waals surface area contributed by atoms with Gasteiger partial charge in [-0.15, -0.1) is 0 Å². The molecule has 1 atom stereocenters. The fourth-order valence-electron chi connectivity index (χ4n) is 2.38. The van der Waals surface area contributed by atoms with E-state index in [4.69, 9.17) is 0 Å². The molecule has 0 radical (unpaired) electrons. The quantitative estimate of drug-likeness (QED) is 0.778. The highest BCUT2D eigenvalue weighted by Gasteiger charge is 2.20. The van der Waals surface area contributed by atoms with Crippen LogP contribution in [-0.2, 0) is 0 Å². The number of nitrogens with one attached hydrogen (secondary N) is 2. The number of carbonyl (C=O) groups is 1. The van der Waals surface area contributed by atoms with E-state index in [1.165, 1.54) is 25.9 Å². The maximum Gasteiger partial charge on any atom is 0.314 e. The first-order chi connectivity index (χ1) is 8.99. The van der Waals surface area contributed by atoms with E-state index >= 15 is 0 Å². The van der Waals surface area contributed by atoms with E-state index in [1.54, 1.807) is 0 Å². The van der Waals surface area contributed by atoms with Crippen molar-refractivity contribution in [3.63, 3.8) is 0 Å². The molecule has 2 N–H and O–H groups in total. The van der Waals surface area contributed by atoms with E-state index in [0.29, 0.717) is 12.0 Å². The third-order valence-corrected chi connectivity index (χ3v) is 4.01. The maximum atomic E-state index is 11.6. The van der Waals surface area contributed by atoms with Crippen molar-refractivity contribution in [2.75, 3.05) is 26.2 Å². The predicted octanol–water partition coefficient (Wildman–Crippen LogP) is 2.45. The molecule has 1 heterocycles. The molecule has 1 rings (SSSR count). The van der Waals surface area contributed by atoms with E-state index in [0.717, 1.165) is 25.4 Å². The van der Waals surface area contributed by atoms with Gasteiger partial charge in [0, 0.05) is 19.1 Å². The molecule has 1 fully saturated rings. The van der Waals surface area contributed by atoms with Gasteiger partial charge < -0.3 is 10.6 Å². The van der Waals surface area contributed by atoms with E-state index < -0.39 is 0 Å². The monoisotopic (exact) mass is 269 g/mol. The van der Waals surface area contributed by atoms with Gasteiger partial charge in [0.15, 0.2) is 0 Å². The number of rotatable bonds is 6. The molecule has 0 aliphatic carbocycles. The molecule has 0 saturated carbocycles. The van der Waals surface area contributed by atoms with Gasteiger partial charge in [0.2, 0.25) is 0 Å². The molecule has 4 heteroatoms. The van der Waals surface area contributed by atoms with Crippen LogP contribution in [0.1, 0.15) is 47.0 Å². The predicted molar refractivity (Wildman–Crippen MR) is 80.3 cm³/mol. The average molecular weight is 269 g/mol. The standard InChI is InChI=1S/C15H31N3O/c1-12(2)5-8-16-15(19)17-11-14(4)18-9-6-13(3)7-10-18/h12-14H,5-11H2,1-4H3,(H2,16,17,19). The molecule has 1 saturated heterocycles. The second kappa shape index (κ2) is 8.41. The van der Waals surface area contributed by atoms with Crippen molar-refractivity contribution in [3.8, 4) is 0 Å². The lowest BCUT2D eigenvalue weighted by atomic mass is 9.98. The first-order valence-corrected chi connectivity index (χ1v) is 7.74. The van der Waals surface area contributed by atoms with Crippen LogP contribution in [0.4, 0.5) is 4.79 Å². The third-order valence-electron chi connectivity index (χ3n) is 4.01. The lowest BCUT2D eigenvalue weighted by Crippen LogP contribution is -2.47. The Morgan fingerprint density at radius 2 is 1.84 bits per heavy atom. The van der Waals surface area contributed by atoms with E-state index in [1.807, 2.05) is 0 Å². The number of amides is 2. The first kappa shape index (κ1) is 16.3. The Bertz CT molecular complexity index is 260. The molecule has 0 spiro atoms. The van der Waals surface area contributed by atoms with Crippen LogP contribution in [0.25, 0.3) is 0 Å². The summed E-state index contributed by atoms with van der Waals surface area (Å²) in [4.78, 5) is 14.1. The minimum absolute atomic E-state index is 0.0297. The van der Waals surface area contributed by atoms with Crippen LogP contribution in [0.3, 0.4) is 0 Å². The van der Waals surface area contributed by atoms with Gasteiger partial charge in [0.25, 0.3) is 0 Å². The van der Waals surface area contributed by atoms with Gasteiger partial charge in [0.1, 0.15) is 0 Å². The topological polar surface area (TPSA) is 44.4 Å². The normalized spacial score (nSPS) is 19.4. The summed E-state index contributed by atoms with van der Waals surface area (Å²) in [6.07, 6.45) is 3.60. The Morgan fingerprint density at radius 1 is 1.21 bits per heavy atom. The Balaban J connectivity index is 2.12. The molecule has 4 nitrogen and oxygen atoms in total. The highest BCUT2D eigenvalue weighted by atomic mass is 16.2. The molecule has 1 aliphatic heterocycles. The molecule has 0 bridgehead atoms. The molecule has 0 aromatic carbocycles. The molecule has 1 unspecified atom stereocenters. The number of likely N-dealkylation sites (tertiary alicyclic amines) is 1. The van der Waals surface area contributed by atoms with Crippen molar-refractivity contribution in [2.24, 2.45) is 11.8 Å². The van der Waals surface area contributed by atoms with Crippen LogP contribution in [0.2, 0.25) is 0 Å². The van der Waals surface area contributed by atoms with E-state index in [-0.39, 0.29) is 6.03 Å². The molecule has 2 amide bonds. The van der Waals surface area contributed by atoms with E-state index in [2.05, 4.69) is 43.2 Å². The summed E-state index contributed by atoms with van der Waals surface area (Å²) in [5.74, 6) is 1.49. The van der Waals surface area contributed by atoms with Crippen LogP contribution >= 0.6 is 0 Å². The van der Waals surface area contributed by atoms with Crippen molar-refractivity contribution < 1.29 is 4.79 Å². The fraction of sp³-hybridized carbons (Fsp3) is 0.933. The van der Waals surface area contributed by atoms with Crippen molar-refractivity contribution in [3.05, 3.63) is 0 Å². The molecule has 19 heavy (non-hydrogen) atoms. The third kappa shape index (κ3) is 6.81. The second-order valence-corrected chi connectivity index (χ2v) is 6.39. The Hall–Kier alpha value is -0.770. The summed E-state index contributed by atoms with van der Waals surface area (Å²) in [7, 11) is 0. The summed E-state index contributed by atoms with van der Waals surface area (Å²) in [5.41, 5.74) is 0. The van der Waals surface area contributed by atoms with Crippen molar-refractivity contribution in [2.45, 2.75) is 53.0 Å². The largest absolute Gasteiger partial charge is 0.338 e. The molecular weight excluding hydrogens is 238 g/mol. The van der Waals surface area contributed by atoms with Gasteiger partial charge in [-0.3, -0.25) is 4.90 Å². The van der Waals surface area contributed by atoms with Gasteiger partial charge in [-0.2, -0.15) is 0 Å². The highest BCUT2D eigenvalue weighted by molar-refractivity contribution is 5.73. The minimum Gasteiger partial charge on any atom is -0.338 e. The van der Waals surface area contributed by atoms with Crippen LogP contribution in [-0.4, -0.2) is 43.2 Å². The Labute approximate surface area is 118 Å². The summed E-state index contributed by atoms with van der Waals surface area (Å²) in [6, 6.07) is 0.404. The second-order valence-electron chi connectivity index (χ2n) is 6.39. The lowest BCUT2D eigenvalue weighted by Gasteiger charge is -2.35. The highest BCUT2D eigenvalue weighted by Crippen LogP contribution is 2.17. The Morgan fingerprint density at radius 3 is 2.42 bits per heavy atom. The summed E-state index contributed by atoms with van der Waals surface area (Å²) in [5, 5.41) is 5.88. The lowest BCUT2D eigenvalue weighted by molar-refractivity contribution is 0.145. The summed E-state index contributed by atoms with van der Waals surface area (Å²) in [6.45, 7) is 12.7. The molecular formula is C15H31N3O. The minimum atomic E-state index is -0.0297. The first-order valence-electron chi connectivity index (χ1n) is 7.74. The van der Waals surface area contributed by atoms with E-state index in [9.17, 15) is 4.79 Å². The summed E-state index contributed by atoms with van der Waals surface area (Å²) < 4.78 is 0. The maximum absolute atomic E-state index is 11.6.